The van der Waals surface area contributed by atoms with Crippen molar-refractivity contribution in [3.63, 3.8) is 0 Å². The largest absolute Gasteiger partial charge is 0.374 e. The second kappa shape index (κ2) is 7.58. The third-order valence-corrected chi connectivity index (χ3v) is 6.93. The van der Waals surface area contributed by atoms with Gasteiger partial charge in [0.25, 0.3) is 0 Å². The summed E-state index contributed by atoms with van der Waals surface area (Å²) in [7, 11) is 1.89. The van der Waals surface area contributed by atoms with E-state index < -0.39 is 0 Å². The van der Waals surface area contributed by atoms with Crippen LogP contribution in [0.15, 0.2) is 20.9 Å². The number of ether oxygens (including phenoxy) is 1. The van der Waals surface area contributed by atoms with E-state index in [4.69, 9.17) is 4.74 Å². The summed E-state index contributed by atoms with van der Waals surface area (Å²) in [4.78, 5) is 8.33. The van der Waals surface area contributed by atoms with Crippen LogP contribution in [-0.2, 0) is 11.2 Å². The fraction of sp³-hybridized carbons (Fsp3) is 0.688. The zero-order chi connectivity index (χ0) is 15.1. The normalized spacial score (nSPS) is 32.1. The van der Waals surface area contributed by atoms with Crippen LogP contribution in [0.3, 0.4) is 0 Å². The van der Waals surface area contributed by atoms with Gasteiger partial charge in [-0.05, 0) is 47.3 Å². The smallest absolute Gasteiger partial charge is 0.193 e. The summed E-state index contributed by atoms with van der Waals surface area (Å²) in [5, 5.41) is 3.53. The number of likely N-dealkylation sites (tertiary alicyclic amines) is 1. The van der Waals surface area contributed by atoms with Crippen molar-refractivity contribution in [1.82, 2.24) is 10.2 Å². The number of hydrogen-bond acceptors (Lipinski definition) is 3. The molecule has 4 heterocycles. The van der Waals surface area contributed by atoms with Crippen molar-refractivity contribution < 1.29 is 4.74 Å². The molecule has 4 atom stereocenters. The number of nitrogens with one attached hydrogen (secondary N) is 1. The third kappa shape index (κ3) is 3.57. The lowest BCUT2D eigenvalue weighted by atomic mass is 9.82. The number of thiophene rings is 1. The quantitative estimate of drug-likeness (QED) is 0.384. The first-order chi connectivity index (χ1) is 10.7. The number of aliphatic imine (C=N–C) groups is 1. The Balaban J connectivity index is 0.00000156. The van der Waals surface area contributed by atoms with E-state index in [1.54, 1.807) is 0 Å². The van der Waals surface area contributed by atoms with Gasteiger partial charge in [-0.3, -0.25) is 4.99 Å². The van der Waals surface area contributed by atoms with Crippen LogP contribution in [-0.4, -0.2) is 49.7 Å². The fourth-order valence-electron chi connectivity index (χ4n) is 4.25. The minimum atomic E-state index is 0. The molecule has 1 aromatic heterocycles. The van der Waals surface area contributed by atoms with Gasteiger partial charge in [-0.2, -0.15) is 0 Å². The van der Waals surface area contributed by atoms with Gasteiger partial charge in [-0.25, -0.2) is 0 Å². The van der Waals surface area contributed by atoms with E-state index in [-0.39, 0.29) is 24.0 Å². The Bertz CT molecular complexity index is 563. The molecule has 1 aromatic rings. The fourth-order valence-corrected chi connectivity index (χ4v) is 5.73. The minimum absolute atomic E-state index is 0. The van der Waals surface area contributed by atoms with Crippen LogP contribution >= 0.6 is 51.2 Å². The molecule has 1 N–H and O–H groups in total. The zero-order valence-corrected chi connectivity index (χ0v) is 17.9. The van der Waals surface area contributed by atoms with Crippen molar-refractivity contribution in [3.05, 3.63) is 20.8 Å². The van der Waals surface area contributed by atoms with Crippen LogP contribution in [0.4, 0.5) is 0 Å². The maximum Gasteiger partial charge on any atom is 0.193 e. The highest BCUT2D eigenvalue weighted by atomic mass is 127. The molecule has 3 fully saturated rings. The summed E-state index contributed by atoms with van der Waals surface area (Å²) in [5.41, 5.74) is 0. The van der Waals surface area contributed by atoms with Crippen LogP contribution in [0.5, 0.6) is 0 Å². The average Bonchev–Trinajstić information content (AvgIpc) is 3.25. The predicted molar refractivity (Wildman–Crippen MR) is 109 cm³/mol. The molecule has 4 nitrogen and oxygen atoms in total. The van der Waals surface area contributed by atoms with Crippen molar-refractivity contribution in [3.8, 4) is 0 Å². The van der Waals surface area contributed by atoms with Crippen molar-refractivity contribution >= 4 is 57.2 Å². The van der Waals surface area contributed by atoms with E-state index in [1.165, 1.54) is 21.5 Å². The van der Waals surface area contributed by atoms with E-state index in [1.807, 2.05) is 18.4 Å². The van der Waals surface area contributed by atoms with Crippen molar-refractivity contribution in [2.75, 3.05) is 26.7 Å². The summed E-state index contributed by atoms with van der Waals surface area (Å²) in [6.45, 7) is 3.15. The predicted octanol–water partition coefficient (Wildman–Crippen LogP) is 3.36. The van der Waals surface area contributed by atoms with Crippen LogP contribution in [0.1, 0.15) is 17.7 Å². The molecule has 3 aliphatic rings. The highest BCUT2D eigenvalue weighted by Crippen LogP contribution is 2.47. The summed E-state index contributed by atoms with van der Waals surface area (Å²) >= 11 is 5.33. The summed E-state index contributed by atoms with van der Waals surface area (Å²) in [5.74, 6) is 2.51. The van der Waals surface area contributed by atoms with Crippen LogP contribution in [0.25, 0.3) is 0 Å². The molecule has 4 unspecified atom stereocenters. The van der Waals surface area contributed by atoms with Gasteiger partial charge >= 0.3 is 0 Å². The number of fused-ring (bicyclic) bond motifs is 5. The topological polar surface area (TPSA) is 36.9 Å². The lowest BCUT2D eigenvalue weighted by molar-refractivity contribution is 0.0767. The van der Waals surface area contributed by atoms with Gasteiger partial charge in [0.15, 0.2) is 5.96 Å². The van der Waals surface area contributed by atoms with E-state index >= 15 is 0 Å². The third-order valence-electron chi connectivity index (χ3n) is 5.25. The molecule has 0 aromatic carbocycles. The monoisotopic (exact) mass is 511 g/mol. The first-order valence-electron chi connectivity index (χ1n) is 8.10. The molecule has 128 valence electrons. The summed E-state index contributed by atoms with van der Waals surface area (Å²) < 4.78 is 7.26. The maximum absolute atomic E-state index is 6.05. The van der Waals surface area contributed by atoms with Crippen molar-refractivity contribution in [2.24, 2.45) is 16.8 Å². The number of halogens is 2. The first-order valence-corrected chi connectivity index (χ1v) is 9.71. The van der Waals surface area contributed by atoms with Gasteiger partial charge in [0.05, 0.1) is 16.0 Å². The first kappa shape index (κ1) is 17.9. The summed E-state index contributed by atoms with van der Waals surface area (Å²) in [6.07, 6.45) is 4.60. The SMILES string of the molecule is CN=C(NCCc1ccc(Br)s1)N1CC2C3CCC(O3)C2C1.I. The Kier molecular flexibility index (Phi) is 5.91. The molecule has 0 aliphatic carbocycles. The van der Waals surface area contributed by atoms with Crippen LogP contribution < -0.4 is 5.32 Å². The molecular weight excluding hydrogens is 489 g/mol. The van der Waals surface area contributed by atoms with Gasteiger partial charge in [0.2, 0.25) is 0 Å². The second-order valence-corrected chi connectivity index (χ2v) is 9.00. The Morgan fingerprint density at radius 3 is 2.61 bits per heavy atom. The lowest BCUT2D eigenvalue weighted by Gasteiger charge is -2.23. The lowest BCUT2D eigenvalue weighted by Crippen LogP contribution is -2.42. The standard InChI is InChI=1S/C16H22BrN3OS.HI/c1-18-16(19-7-6-10-2-5-15(17)22-10)20-8-11-12(9-20)14-4-3-13(11)21-14;/h2,5,11-14H,3-4,6-9H2,1H3,(H,18,19);1H. The second-order valence-electron chi connectivity index (χ2n) is 6.45. The van der Waals surface area contributed by atoms with Crippen LogP contribution in [0.2, 0.25) is 0 Å². The van der Waals surface area contributed by atoms with Gasteiger partial charge in [-0.1, -0.05) is 0 Å². The Labute approximate surface area is 167 Å². The zero-order valence-electron chi connectivity index (χ0n) is 13.2. The molecule has 3 saturated heterocycles. The summed E-state index contributed by atoms with van der Waals surface area (Å²) in [6, 6.07) is 4.31. The van der Waals surface area contributed by atoms with Gasteiger partial charge in [0.1, 0.15) is 0 Å². The van der Waals surface area contributed by atoms with Gasteiger partial charge in [0, 0.05) is 43.4 Å². The average molecular weight is 512 g/mol. The molecule has 3 aliphatic heterocycles. The molecule has 2 bridgehead atoms. The molecule has 0 amide bonds. The van der Waals surface area contributed by atoms with E-state index in [9.17, 15) is 0 Å². The number of rotatable bonds is 3. The molecule has 4 rings (SSSR count). The van der Waals surface area contributed by atoms with Crippen molar-refractivity contribution in [1.29, 1.82) is 0 Å². The number of hydrogen-bond donors (Lipinski definition) is 1. The van der Waals surface area contributed by atoms with Gasteiger partial charge in [-0.15, -0.1) is 35.3 Å². The van der Waals surface area contributed by atoms with E-state index in [2.05, 4.69) is 43.3 Å². The van der Waals surface area contributed by atoms with Gasteiger partial charge < -0.3 is 15.0 Å². The highest BCUT2D eigenvalue weighted by Gasteiger charge is 2.53. The molecular formula is C16H23BrIN3OS. The minimum Gasteiger partial charge on any atom is -0.374 e. The van der Waals surface area contributed by atoms with E-state index in [0.29, 0.717) is 12.2 Å². The van der Waals surface area contributed by atoms with E-state index in [0.717, 1.165) is 43.9 Å². The Morgan fingerprint density at radius 2 is 2.04 bits per heavy atom. The molecule has 23 heavy (non-hydrogen) atoms. The maximum atomic E-state index is 6.05. The number of nitrogens with zero attached hydrogens (tertiary/aromatic N) is 2. The Morgan fingerprint density at radius 1 is 1.35 bits per heavy atom. The van der Waals surface area contributed by atoms with Crippen LogP contribution in [0, 0.1) is 11.8 Å². The molecule has 0 saturated carbocycles. The van der Waals surface area contributed by atoms with Crippen molar-refractivity contribution in [2.45, 2.75) is 31.5 Å². The molecule has 0 radical (unpaired) electrons. The molecule has 0 spiro atoms. The highest BCUT2D eigenvalue weighted by molar-refractivity contribution is 14.0. The molecule has 7 heteroatoms. The number of guanidine groups is 1. The Hall–Kier alpha value is 0.140.